The summed E-state index contributed by atoms with van der Waals surface area (Å²) in [4.78, 5) is 5.82. The Morgan fingerprint density at radius 3 is 3.00 bits per heavy atom. The molecule has 0 bridgehead atoms. The lowest BCUT2D eigenvalue weighted by molar-refractivity contribution is 0.300. The molecule has 1 fully saturated rings. The number of likely N-dealkylation sites (N-methyl/N-ethyl adjacent to an activating group) is 1. The molecule has 1 unspecified atom stereocenters. The van der Waals surface area contributed by atoms with Gasteiger partial charge in [-0.1, -0.05) is 29.8 Å². The quantitative estimate of drug-likeness (QED) is 0.900. The van der Waals surface area contributed by atoms with Crippen molar-refractivity contribution in [3.8, 4) is 0 Å². The molecule has 102 valence electrons. The van der Waals surface area contributed by atoms with E-state index in [-0.39, 0.29) is 0 Å². The minimum absolute atomic E-state index is 0.670. The van der Waals surface area contributed by atoms with E-state index in [0.29, 0.717) is 6.04 Å². The molecule has 2 N–H and O–H groups in total. The molecule has 0 radical (unpaired) electrons. The first-order chi connectivity index (χ1) is 9.25. The summed E-state index contributed by atoms with van der Waals surface area (Å²) in [5, 5.41) is 5.48. The number of rotatable bonds is 4. The van der Waals surface area contributed by atoms with Gasteiger partial charge in [-0.15, -0.1) is 0 Å². The highest BCUT2D eigenvalue weighted by molar-refractivity contribution is 6.36. The van der Waals surface area contributed by atoms with Crippen LogP contribution in [0.2, 0.25) is 5.02 Å². The van der Waals surface area contributed by atoms with Crippen LogP contribution in [0.3, 0.4) is 0 Å². The van der Waals surface area contributed by atoms with Gasteiger partial charge >= 0.3 is 0 Å². The smallest absolute Gasteiger partial charge is 0.0705 e. The van der Waals surface area contributed by atoms with Crippen LogP contribution in [0.15, 0.2) is 24.3 Å². The van der Waals surface area contributed by atoms with Crippen molar-refractivity contribution in [3.63, 3.8) is 0 Å². The highest BCUT2D eigenvalue weighted by Crippen LogP contribution is 2.27. The molecule has 1 aliphatic rings. The Hall–Kier alpha value is -1.03. The molecule has 1 atom stereocenters. The number of hydrogen-bond acceptors (Lipinski definition) is 2. The van der Waals surface area contributed by atoms with E-state index < -0.39 is 0 Å². The highest BCUT2D eigenvalue weighted by atomic mass is 35.5. The van der Waals surface area contributed by atoms with Gasteiger partial charge in [0, 0.05) is 35.7 Å². The van der Waals surface area contributed by atoms with E-state index in [0.717, 1.165) is 34.7 Å². The number of halogens is 1. The van der Waals surface area contributed by atoms with Gasteiger partial charge in [0.05, 0.1) is 5.02 Å². The fourth-order valence-electron chi connectivity index (χ4n) is 2.89. The van der Waals surface area contributed by atoms with Crippen LogP contribution in [0, 0.1) is 0 Å². The average molecular weight is 278 g/mol. The number of H-pyrrole nitrogens is 1. The first kappa shape index (κ1) is 13.0. The van der Waals surface area contributed by atoms with Crippen molar-refractivity contribution in [2.75, 3.05) is 20.1 Å². The van der Waals surface area contributed by atoms with Crippen LogP contribution in [0.25, 0.3) is 10.9 Å². The predicted molar refractivity (Wildman–Crippen MR) is 80.7 cm³/mol. The van der Waals surface area contributed by atoms with Crippen molar-refractivity contribution >= 4 is 22.5 Å². The zero-order valence-corrected chi connectivity index (χ0v) is 12.0. The second kappa shape index (κ2) is 5.53. The molecule has 3 rings (SSSR count). The number of aromatic amines is 1. The number of benzene rings is 1. The fourth-order valence-corrected chi connectivity index (χ4v) is 3.17. The van der Waals surface area contributed by atoms with E-state index in [4.69, 9.17) is 11.6 Å². The molecule has 4 heteroatoms. The van der Waals surface area contributed by atoms with Crippen molar-refractivity contribution < 1.29 is 0 Å². The second-order valence-electron chi connectivity index (χ2n) is 5.37. The molecule has 2 heterocycles. The van der Waals surface area contributed by atoms with Gasteiger partial charge in [0.25, 0.3) is 0 Å². The number of nitrogens with one attached hydrogen (secondary N) is 2. The van der Waals surface area contributed by atoms with Crippen molar-refractivity contribution in [1.82, 2.24) is 15.2 Å². The Labute approximate surface area is 118 Å². The number of para-hydroxylation sites is 1. The van der Waals surface area contributed by atoms with Gasteiger partial charge in [-0.2, -0.15) is 0 Å². The number of hydrogen-bond donors (Lipinski definition) is 2. The van der Waals surface area contributed by atoms with Crippen LogP contribution < -0.4 is 5.32 Å². The topological polar surface area (TPSA) is 31.1 Å². The molecular weight excluding hydrogens is 258 g/mol. The van der Waals surface area contributed by atoms with E-state index in [1.54, 1.807) is 0 Å². The molecule has 0 saturated carbocycles. The fraction of sp³-hybridized carbons (Fsp3) is 0.467. The summed E-state index contributed by atoms with van der Waals surface area (Å²) in [5.41, 5.74) is 2.20. The first-order valence-electron chi connectivity index (χ1n) is 6.92. The second-order valence-corrected chi connectivity index (χ2v) is 5.75. The van der Waals surface area contributed by atoms with Crippen LogP contribution in [-0.4, -0.2) is 36.1 Å². The summed E-state index contributed by atoms with van der Waals surface area (Å²) in [6, 6.07) is 8.84. The third kappa shape index (κ3) is 2.64. The zero-order valence-electron chi connectivity index (χ0n) is 11.2. The molecule has 0 aliphatic carbocycles. The number of fused-ring (bicyclic) bond motifs is 1. The molecule has 1 aliphatic heterocycles. The summed E-state index contributed by atoms with van der Waals surface area (Å²) < 4.78 is 0. The third-order valence-electron chi connectivity index (χ3n) is 4.07. The normalized spacial score (nSPS) is 20.4. The number of nitrogens with zero attached hydrogens (tertiary/aromatic N) is 1. The van der Waals surface area contributed by atoms with Gasteiger partial charge in [0.2, 0.25) is 0 Å². The molecule has 0 spiro atoms. The summed E-state index contributed by atoms with van der Waals surface area (Å²) in [6.45, 7) is 3.06. The average Bonchev–Trinajstić information content (AvgIpc) is 2.96. The van der Waals surface area contributed by atoms with Gasteiger partial charge in [-0.05, 0) is 32.5 Å². The summed E-state index contributed by atoms with van der Waals surface area (Å²) in [7, 11) is 2.20. The summed E-state index contributed by atoms with van der Waals surface area (Å²) >= 11 is 6.40. The Morgan fingerprint density at radius 2 is 2.26 bits per heavy atom. The molecule has 3 nitrogen and oxygen atoms in total. The van der Waals surface area contributed by atoms with Crippen molar-refractivity contribution in [2.45, 2.75) is 25.4 Å². The molecule has 2 aromatic rings. The van der Waals surface area contributed by atoms with E-state index >= 15 is 0 Å². The van der Waals surface area contributed by atoms with E-state index in [2.05, 4.69) is 34.4 Å². The minimum atomic E-state index is 0.670. The van der Waals surface area contributed by atoms with E-state index in [1.807, 2.05) is 12.1 Å². The highest BCUT2D eigenvalue weighted by Gasteiger charge is 2.20. The van der Waals surface area contributed by atoms with Gasteiger partial charge in [-0.25, -0.2) is 0 Å². The lowest BCUT2D eigenvalue weighted by Gasteiger charge is -2.19. The Kier molecular flexibility index (Phi) is 3.78. The first-order valence-corrected chi connectivity index (χ1v) is 7.29. The monoisotopic (exact) mass is 277 g/mol. The lowest BCUT2D eigenvalue weighted by Crippen LogP contribution is -2.35. The SMILES string of the molecule is CN1CCCC1CNCc1[nH]c2ccccc2c1Cl. The van der Waals surface area contributed by atoms with Crippen molar-refractivity contribution in [1.29, 1.82) is 0 Å². The standard InChI is InChI=1S/C15H20ClN3/c1-19-8-4-5-11(19)9-17-10-14-15(16)12-6-2-3-7-13(12)18-14/h2-3,6-7,11,17-18H,4-5,8-10H2,1H3. The largest absolute Gasteiger partial charge is 0.356 e. The molecule has 19 heavy (non-hydrogen) atoms. The maximum Gasteiger partial charge on any atom is 0.0705 e. The van der Waals surface area contributed by atoms with Gasteiger partial charge < -0.3 is 15.2 Å². The summed E-state index contributed by atoms with van der Waals surface area (Å²) in [5.74, 6) is 0. The Bertz CT molecular complexity index is 564. The maximum absolute atomic E-state index is 6.40. The minimum Gasteiger partial charge on any atom is -0.356 e. The van der Waals surface area contributed by atoms with Crippen molar-refractivity contribution in [3.05, 3.63) is 35.0 Å². The van der Waals surface area contributed by atoms with Gasteiger partial charge in [0.1, 0.15) is 0 Å². The van der Waals surface area contributed by atoms with Gasteiger partial charge in [0.15, 0.2) is 0 Å². The molecule has 1 aromatic heterocycles. The summed E-state index contributed by atoms with van der Waals surface area (Å²) in [6.07, 6.45) is 2.61. The lowest BCUT2D eigenvalue weighted by atomic mass is 10.2. The van der Waals surface area contributed by atoms with Crippen LogP contribution in [0.1, 0.15) is 18.5 Å². The van der Waals surface area contributed by atoms with Crippen LogP contribution in [0.4, 0.5) is 0 Å². The third-order valence-corrected chi connectivity index (χ3v) is 4.50. The molecular formula is C15H20ClN3. The zero-order chi connectivity index (χ0) is 13.2. The maximum atomic E-state index is 6.40. The number of aromatic nitrogens is 1. The Balaban J connectivity index is 1.63. The Morgan fingerprint density at radius 1 is 1.42 bits per heavy atom. The van der Waals surface area contributed by atoms with Crippen LogP contribution in [0.5, 0.6) is 0 Å². The number of likely N-dealkylation sites (tertiary alicyclic amines) is 1. The van der Waals surface area contributed by atoms with Crippen molar-refractivity contribution in [2.24, 2.45) is 0 Å². The van der Waals surface area contributed by atoms with Crippen LogP contribution >= 0.6 is 11.6 Å². The van der Waals surface area contributed by atoms with Gasteiger partial charge in [-0.3, -0.25) is 0 Å². The molecule has 1 aromatic carbocycles. The molecule has 0 amide bonds. The van der Waals surface area contributed by atoms with Crippen LogP contribution in [-0.2, 0) is 6.54 Å². The van der Waals surface area contributed by atoms with E-state index in [9.17, 15) is 0 Å². The molecule has 1 saturated heterocycles. The van der Waals surface area contributed by atoms with E-state index in [1.165, 1.54) is 19.4 Å². The predicted octanol–water partition coefficient (Wildman–Crippen LogP) is 3.01.